The van der Waals surface area contributed by atoms with E-state index in [0.717, 1.165) is 32.1 Å². The van der Waals surface area contributed by atoms with Gasteiger partial charge in [0.25, 0.3) is 5.91 Å². The molecule has 1 aromatic carbocycles. The molecule has 0 aliphatic heterocycles. The third kappa shape index (κ3) is 3.67. The van der Waals surface area contributed by atoms with Crippen molar-refractivity contribution in [2.45, 2.75) is 44.1 Å². The predicted molar refractivity (Wildman–Crippen MR) is 103 cm³/mol. The summed E-state index contributed by atoms with van der Waals surface area (Å²) in [6.45, 7) is -0.412. The lowest BCUT2D eigenvalue weighted by Crippen LogP contribution is -2.58. The fourth-order valence-corrected chi connectivity index (χ4v) is 6.14. The van der Waals surface area contributed by atoms with Crippen LogP contribution in [0.1, 0.15) is 38.5 Å². The topological polar surface area (TPSA) is 75.6 Å². The summed E-state index contributed by atoms with van der Waals surface area (Å²) in [4.78, 5) is 25.0. The van der Waals surface area contributed by atoms with Gasteiger partial charge < -0.3 is 15.2 Å². The molecule has 0 heterocycles. The van der Waals surface area contributed by atoms with Gasteiger partial charge in [-0.3, -0.25) is 9.59 Å². The molecule has 4 bridgehead atoms. The largest absolute Gasteiger partial charge is 0.455 e. The van der Waals surface area contributed by atoms with Gasteiger partial charge in [0.15, 0.2) is 6.61 Å². The van der Waals surface area contributed by atoms with Gasteiger partial charge in [-0.1, -0.05) is 34.8 Å². The van der Waals surface area contributed by atoms with E-state index in [2.05, 4.69) is 5.32 Å². The standard InChI is InChI=1S/C19H20Cl3NO4/c20-12-2-14(22)15(3-13(12)21)23-16(24)8-27-17(25)18-4-10-1-11(5-18)7-19(26,6-10)9-18/h2-3,10-11,26H,1,4-9H2,(H,23,24). The van der Waals surface area contributed by atoms with Gasteiger partial charge in [0.1, 0.15) is 0 Å². The number of benzene rings is 1. The second kappa shape index (κ2) is 6.80. The average molecular weight is 433 g/mol. The van der Waals surface area contributed by atoms with E-state index in [0.29, 0.717) is 23.9 Å². The number of ether oxygens (including phenoxy) is 1. The van der Waals surface area contributed by atoms with E-state index >= 15 is 0 Å². The Balaban J connectivity index is 1.38. The summed E-state index contributed by atoms with van der Waals surface area (Å²) in [5, 5.41) is 14.1. The van der Waals surface area contributed by atoms with Gasteiger partial charge in [-0.25, -0.2) is 0 Å². The normalized spacial score (nSPS) is 33.8. The fourth-order valence-electron chi connectivity index (χ4n) is 5.54. The second-order valence-electron chi connectivity index (χ2n) is 8.34. The number of esters is 1. The van der Waals surface area contributed by atoms with Crippen LogP contribution in [0.2, 0.25) is 15.1 Å². The molecule has 4 aliphatic rings. The zero-order chi connectivity index (χ0) is 19.4. The van der Waals surface area contributed by atoms with E-state index in [9.17, 15) is 14.7 Å². The molecule has 2 atom stereocenters. The van der Waals surface area contributed by atoms with Crippen molar-refractivity contribution >= 4 is 52.4 Å². The van der Waals surface area contributed by atoms with Crippen molar-refractivity contribution in [2.24, 2.45) is 17.3 Å². The van der Waals surface area contributed by atoms with Crippen molar-refractivity contribution in [3.05, 3.63) is 27.2 Å². The van der Waals surface area contributed by atoms with Crippen LogP contribution in [-0.2, 0) is 14.3 Å². The summed E-state index contributed by atoms with van der Waals surface area (Å²) < 4.78 is 5.34. The molecule has 0 saturated heterocycles. The van der Waals surface area contributed by atoms with Crippen LogP contribution in [0.4, 0.5) is 5.69 Å². The maximum atomic E-state index is 12.8. The van der Waals surface area contributed by atoms with Crippen LogP contribution >= 0.6 is 34.8 Å². The van der Waals surface area contributed by atoms with Crippen molar-refractivity contribution < 1.29 is 19.4 Å². The molecule has 1 aromatic rings. The van der Waals surface area contributed by atoms with Gasteiger partial charge in [-0.2, -0.15) is 0 Å². The fraction of sp³-hybridized carbons (Fsp3) is 0.579. The number of nitrogens with one attached hydrogen (secondary N) is 1. The smallest absolute Gasteiger partial charge is 0.312 e. The summed E-state index contributed by atoms with van der Waals surface area (Å²) >= 11 is 17.8. The zero-order valence-corrected chi connectivity index (χ0v) is 16.8. The first-order valence-corrected chi connectivity index (χ1v) is 10.2. The van der Waals surface area contributed by atoms with E-state index in [1.165, 1.54) is 12.1 Å². The Bertz CT molecular complexity index is 798. The monoisotopic (exact) mass is 431 g/mol. The molecule has 0 radical (unpaired) electrons. The minimum absolute atomic E-state index is 0.243. The number of aliphatic hydroxyl groups is 1. The highest BCUT2D eigenvalue weighted by molar-refractivity contribution is 6.44. The summed E-state index contributed by atoms with van der Waals surface area (Å²) in [5.74, 6) is -0.155. The molecule has 4 fully saturated rings. The Kier molecular flexibility index (Phi) is 4.86. The van der Waals surface area contributed by atoms with Gasteiger partial charge in [0.2, 0.25) is 0 Å². The first kappa shape index (κ1) is 19.3. The van der Waals surface area contributed by atoms with Crippen molar-refractivity contribution in [3.8, 4) is 0 Å². The number of anilines is 1. The van der Waals surface area contributed by atoms with E-state index in [4.69, 9.17) is 39.5 Å². The highest BCUT2D eigenvalue weighted by atomic mass is 35.5. The van der Waals surface area contributed by atoms with Gasteiger partial charge in [0.05, 0.1) is 31.8 Å². The van der Waals surface area contributed by atoms with Crippen LogP contribution in [0, 0.1) is 17.3 Å². The van der Waals surface area contributed by atoms with E-state index in [1.807, 2.05) is 0 Å². The van der Waals surface area contributed by atoms with Crippen molar-refractivity contribution in [1.29, 1.82) is 0 Å². The van der Waals surface area contributed by atoms with E-state index in [1.54, 1.807) is 0 Å². The Morgan fingerprint density at radius 3 is 2.33 bits per heavy atom. The molecular formula is C19H20Cl3NO4. The molecule has 5 nitrogen and oxygen atoms in total. The molecular weight excluding hydrogens is 413 g/mol. The number of carbonyl (C=O) groups is 2. The van der Waals surface area contributed by atoms with Crippen LogP contribution < -0.4 is 5.32 Å². The summed E-state index contributed by atoms with van der Waals surface area (Å²) in [6, 6.07) is 2.88. The van der Waals surface area contributed by atoms with Crippen molar-refractivity contribution in [3.63, 3.8) is 0 Å². The summed E-state index contributed by atoms with van der Waals surface area (Å²) in [7, 11) is 0. The molecule has 1 amide bonds. The minimum atomic E-state index is -0.751. The SMILES string of the molecule is O=C(COC(=O)C12CC3CC(CC(O)(C3)C1)C2)Nc1cc(Cl)c(Cl)cc1Cl. The van der Waals surface area contributed by atoms with E-state index < -0.39 is 23.5 Å². The molecule has 146 valence electrons. The molecule has 2 unspecified atom stereocenters. The van der Waals surface area contributed by atoms with Crippen molar-refractivity contribution in [2.75, 3.05) is 11.9 Å². The Morgan fingerprint density at radius 2 is 1.70 bits per heavy atom. The van der Waals surface area contributed by atoms with Crippen LogP contribution in [0.5, 0.6) is 0 Å². The van der Waals surface area contributed by atoms with Crippen LogP contribution in [-0.4, -0.2) is 29.2 Å². The van der Waals surface area contributed by atoms with Crippen LogP contribution in [0.25, 0.3) is 0 Å². The molecule has 4 aliphatic carbocycles. The lowest BCUT2D eigenvalue weighted by Gasteiger charge is -2.58. The minimum Gasteiger partial charge on any atom is -0.455 e. The number of hydrogen-bond donors (Lipinski definition) is 2. The quantitative estimate of drug-likeness (QED) is 0.544. The molecule has 0 aromatic heterocycles. The van der Waals surface area contributed by atoms with Gasteiger partial charge >= 0.3 is 5.97 Å². The molecule has 8 heteroatoms. The lowest BCUT2D eigenvalue weighted by molar-refractivity contribution is -0.196. The van der Waals surface area contributed by atoms with Gasteiger partial charge in [0, 0.05) is 0 Å². The highest BCUT2D eigenvalue weighted by Crippen LogP contribution is 2.61. The number of hydrogen-bond acceptors (Lipinski definition) is 4. The Labute approximate surface area is 172 Å². The Morgan fingerprint density at radius 1 is 1.07 bits per heavy atom. The summed E-state index contributed by atoms with van der Waals surface area (Å²) in [5.41, 5.74) is -1.10. The zero-order valence-electron chi connectivity index (χ0n) is 14.6. The highest BCUT2D eigenvalue weighted by Gasteiger charge is 2.60. The van der Waals surface area contributed by atoms with Crippen molar-refractivity contribution in [1.82, 2.24) is 0 Å². The molecule has 4 saturated carbocycles. The average Bonchev–Trinajstić information content (AvgIpc) is 2.55. The third-order valence-corrected chi connectivity index (χ3v) is 7.12. The summed E-state index contributed by atoms with van der Waals surface area (Å²) in [6.07, 6.45) is 4.54. The maximum absolute atomic E-state index is 12.8. The lowest BCUT2D eigenvalue weighted by atomic mass is 9.48. The van der Waals surface area contributed by atoms with E-state index in [-0.39, 0.29) is 21.0 Å². The Hall–Kier alpha value is -1.01. The first-order chi connectivity index (χ1) is 12.7. The predicted octanol–water partition coefficient (Wildman–Crippen LogP) is 4.46. The maximum Gasteiger partial charge on any atom is 0.312 e. The number of amides is 1. The molecule has 5 rings (SSSR count). The van der Waals surface area contributed by atoms with Crippen LogP contribution in [0.3, 0.4) is 0 Å². The van der Waals surface area contributed by atoms with Gasteiger partial charge in [-0.15, -0.1) is 0 Å². The number of rotatable bonds is 4. The van der Waals surface area contributed by atoms with Gasteiger partial charge in [-0.05, 0) is 62.5 Å². The second-order valence-corrected chi connectivity index (χ2v) is 9.56. The third-order valence-electron chi connectivity index (χ3n) is 6.08. The first-order valence-electron chi connectivity index (χ1n) is 9.02. The molecule has 0 spiro atoms. The molecule has 2 N–H and O–H groups in total. The number of carbonyl (C=O) groups excluding carboxylic acids is 2. The molecule has 27 heavy (non-hydrogen) atoms. The van der Waals surface area contributed by atoms with Crippen LogP contribution in [0.15, 0.2) is 12.1 Å². The number of halogens is 3.